The maximum atomic E-state index is 12.2. The van der Waals surface area contributed by atoms with Gasteiger partial charge in [-0.05, 0) is 17.4 Å². The fourth-order valence-electron chi connectivity index (χ4n) is 1.49. The molecule has 1 rings (SSSR count). The summed E-state index contributed by atoms with van der Waals surface area (Å²) in [6.45, 7) is 4.32. The Morgan fingerprint density at radius 2 is 2.17 bits per heavy atom. The predicted molar refractivity (Wildman–Crippen MR) is 70.5 cm³/mol. The summed E-state index contributed by atoms with van der Waals surface area (Å²) in [7, 11) is -2.24. The van der Waals surface area contributed by atoms with E-state index in [2.05, 4.69) is 0 Å². The van der Waals surface area contributed by atoms with Crippen LogP contribution in [-0.2, 0) is 10.0 Å². The van der Waals surface area contributed by atoms with E-state index in [9.17, 15) is 13.2 Å². The largest absolute Gasteiger partial charge is 0.477 e. The molecule has 0 aromatic carbocycles. The number of hydrogen-bond donors (Lipinski definition) is 1. The summed E-state index contributed by atoms with van der Waals surface area (Å²) in [5.74, 6) is -0.975. The molecule has 18 heavy (non-hydrogen) atoms. The van der Waals surface area contributed by atoms with Crippen LogP contribution in [0.15, 0.2) is 16.3 Å². The van der Waals surface area contributed by atoms with Gasteiger partial charge >= 0.3 is 5.97 Å². The van der Waals surface area contributed by atoms with Crippen molar-refractivity contribution < 1.29 is 18.3 Å². The van der Waals surface area contributed by atoms with E-state index in [0.717, 1.165) is 17.8 Å². The van der Waals surface area contributed by atoms with Gasteiger partial charge in [-0.2, -0.15) is 0 Å². The molecule has 0 aliphatic rings. The van der Waals surface area contributed by atoms with Crippen molar-refractivity contribution in [2.75, 3.05) is 13.6 Å². The summed E-state index contributed by atoms with van der Waals surface area (Å²) in [4.78, 5) is 10.7. The van der Waals surface area contributed by atoms with Gasteiger partial charge < -0.3 is 5.11 Å². The van der Waals surface area contributed by atoms with Crippen LogP contribution in [0, 0.1) is 5.92 Å². The van der Waals surface area contributed by atoms with E-state index >= 15 is 0 Å². The SMILES string of the molecule is CCC(C)CN(C)S(=O)(=O)c1ccsc1C(=O)O. The highest BCUT2D eigenvalue weighted by molar-refractivity contribution is 7.89. The zero-order valence-corrected chi connectivity index (χ0v) is 12.2. The maximum Gasteiger partial charge on any atom is 0.347 e. The van der Waals surface area contributed by atoms with Crippen molar-refractivity contribution in [3.8, 4) is 0 Å². The first-order chi connectivity index (χ1) is 8.30. The van der Waals surface area contributed by atoms with Crippen molar-refractivity contribution in [3.63, 3.8) is 0 Å². The van der Waals surface area contributed by atoms with Crippen LogP contribution in [0.3, 0.4) is 0 Å². The van der Waals surface area contributed by atoms with Gasteiger partial charge in [0.2, 0.25) is 10.0 Å². The molecule has 102 valence electrons. The topological polar surface area (TPSA) is 74.7 Å². The molecule has 5 nitrogen and oxygen atoms in total. The van der Waals surface area contributed by atoms with Gasteiger partial charge in [-0.25, -0.2) is 17.5 Å². The van der Waals surface area contributed by atoms with E-state index in [1.165, 1.54) is 22.8 Å². The van der Waals surface area contributed by atoms with E-state index in [0.29, 0.717) is 6.54 Å². The third-order valence-corrected chi connectivity index (χ3v) is 5.67. The van der Waals surface area contributed by atoms with Crippen LogP contribution in [0.25, 0.3) is 0 Å². The molecule has 0 saturated heterocycles. The molecule has 1 atom stereocenters. The molecule has 7 heteroatoms. The normalized spacial score (nSPS) is 13.8. The minimum atomic E-state index is -3.71. The van der Waals surface area contributed by atoms with Crippen LogP contribution in [0.1, 0.15) is 29.9 Å². The van der Waals surface area contributed by atoms with Crippen LogP contribution >= 0.6 is 11.3 Å². The lowest BCUT2D eigenvalue weighted by atomic mass is 10.1. The van der Waals surface area contributed by atoms with Crippen molar-refractivity contribution >= 4 is 27.3 Å². The first-order valence-corrected chi connectivity index (χ1v) is 7.89. The molecular weight excluding hydrogens is 274 g/mol. The maximum absolute atomic E-state index is 12.2. The number of aromatic carboxylic acids is 1. The summed E-state index contributed by atoms with van der Waals surface area (Å²) in [5, 5.41) is 10.4. The molecule has 0 radical (unpaired) electrons. The minimum Gasteiger partial charge on any atom is -0.477 e. The van der Waals surface area contributed by atoms with Gasteiger partial charge in [0.1, 0.15) is 9.77 Å². The van der Waals surface area contributed by atoms with E-state index in [1.54, 1.807) is 0 Å². The Kier molecular flexibility index (Phi) is 4.89. The first-order valence-electron chi connectivity index (χ1n) is 5.57. The Labute approximate surface area is 111 Å². The smallest absolute Gasteiger partial charge is 0.347 e. The molecule has 0 aliphatic heterocycles. The number of nitrogens with zero attached hydrogens (tertiary/aromatic N) is 1. The monoisotopic (exact) mass is 291 g/mol. The second kappa shape index (κ2) is 5.81. The van der Waals surface area contributed by atoms with E-state index in [-0.39, 0.29) is 15.7 Å². The van der Waals surface area contributed by atoms with Gasteiger partial charge in [-0.1, -0.05) is 20.3 Å². The number of carboxylic acid groups (broad SMARTS) is 1. The standard InChI is InChI=1S/C11H17NO4S2/c1-4-8(2)7-12(3)18(15,16)9-5-6-17-10(9)11(13)14/h5-6,8H,4,7H2,1-3H3,(H,13,14). The third kappa shape index (κ3) is 3.09. The van der Waals surface area contributed by atoms with Crippen LogP contribution in [0.4, 0.5) is 0 Å². The summed E-state index contributed by atoms with van der Waals surface area (Å²) < 4.78 is 25.7. The summed E-state index contributed by atoms with van der Waals surface area (Å²) >= 11 is 0.921. The fraction of sp³-hybridized carbons (Fsp3) is 0.545. The Bertz CT molecular complexity index is 521. The molecule has 1 aromatic rings. The Morgan fingerprint density at radius 3 is 2.67 bits per heavy atom. The third-order valence-electron chi connectivity index (χ3n) is 2.78. The molecule has 1 heterocycles. The van der Waals surface area contributed by atoms with Gasteiger partial charge in [0.25, 0.3) is 0 Å². The lowest BCUT2D eigenvalue weighted by Crippen LogP contribution is -2.31. The molecule has 0 bridgehead atoms. The zero-order chi connectivity index (χ0) is 13.9. The number of rotatable bonds is 6. The lowest BCUT2D eigenvalue weighted by Gasteiger charge is -2.20. The average Bonchev–Trinajstić information content (AvgIpc) is 2.78. The van der Waals surface area contributed by atoms with Gasteiger partial charge in [0.15, 0.2) is 0 Å². The second-order valence-corrected chi connectivity index (χ2v) is 7.15. The van der Waals surface area contributed by atoms with Crippen LogP contribution in [-0.4, -0.2) is 37.4 Å². The van der Waals surface area contributed by atoms with Crippen LogP contribution in [0.5, 0.6) is 0 Å². The molecule has 0 fully saturated rings. The molecule has 1 unspecified atom stereocenters. The van der Waals surface area contributed by atoms with Gasteiger partial charge in [-0.15, -0.1) is 11.3 Å². The number of carboxylic acids is 1. The Balaban J connectivity index is 3.06. The highest BCUT2D eigenvalue weighted by Crippen LogP contribution is 2.25. The zero-order valence-electron chi connectivity index (χ0n) is 10.6. The summed E-state index contributed by atoms with van der Waals surface area (Å²) in [5.41, 5.74) is 0. The average molecular weight is 291 g/mol. The predicted octanol–water partition coefficient (Wildman–Crippen LogP) is 2.11. The van der Waals surface area contributed by atoms with E-state index < -0.39 is 16.0 Å². The van der Waals surface area contributed by atoms with Crippen molar-refractivity contribution in [3.05, 3.63) is 16.3 Å². The number of hydrogen-bond acceptors (Lipinski definition) is 4. The van der Waals surface area contributed by atoms with Crippen LogP contribution < -0.4 is 0 Å². The number of sulfonamides is 1. The highest BCUT2D eigenvalue weighted by Gasteiger charge is 2.28. The minimum absolute atomic E-state index is 0.120. The molecular formula is C11H17NO4S2. The molecule has 0 saturated carbocycles. The van der Waals surface area contributed by atoms with E-state index in [4.69, 9.17) is 5.11 Å². The van der Waals surface area contributed by atoms with Crippen molar-refractivity contribution in [2.24, 2.45) is 5.92 Å². The summed E-state index contributed by atoms with van der Waals surface area (Å²) in [6, 6.07) is 1.34. The second-order valence-electron chi connectivity index (χ2n) is 4.22. The molecule has 0 aliphatic carbocycles. The molecule has 1 aromatic heterocycles. The van der Waals surface area contributed by atoms with Crippen molar-refractivity contribution in [1.82, 2.24) is 4.31 Å². The fourth-order valence-corrected chi connectivity index (χ4v) is 4.01. The number of carbonyl (C=O) groups is 1. The van der Waals surface area contributed by atoms with Gasteiger partial charge in [0.05, 0.1) is 0 Å². The van der Waals surface area contributed by atoms with Gasteiger partial charge in [0, 0.05) is 13.6 Å². The number of thiophene rings is 1. The van der Waals surface area contributed by atoms with Crippen molar-refractivity contribution in [1.29, 1.82) is 0 Å². The van der Waals surface area contributed by atoms with Gasteiger partial charge in [-0.3, -0.25) is 0 Å². The molecule has 0 amide bonds. The van der Waals surface area contributed by atoms with Crippen LogP contribution in [0.2, 0.25) is 0 Å². The summed E-state index contributed by atoms with van der Waals surface area (Å²) in [6.07, 6.45) is 0.870. The molecule has 1 N–H and O–H groups in total. The van der Waals surface area contributed by atoms with Crippen molar-refractivity contribution in [2.45, 2.75) is 25.2 Å². The Hall–Kier alpha value is -0.920. The highest BCUT2D eigenvalue weighted by atomic mass is 32.2. The Morgan fingerprint density at radius 1 is 1.56 bits per heavy atom. The lowest BCUT2D eigenvalue weighted by molar-refractivity contribution is 0.0698. The quantitative estimate of drug-likeness (QED) is 0.871. The van der Waals surface area contributed by atoms with E-state index in [1.807, 2.05) is 13.8 Å². The molecule has 0 spiro atoms. The first kappa shape index (κ1) is 15.1.